The molecule has 1 aromatic rings. The second-order valence-corrected chi connectivity index (χ2v) is 3.53. The first-order chi connectivity index (χ1) is 6.67. The quantitative estimate of drug-likeness (QED) is 0.837. The Bertz CT molecular complexity index is 304. The Morgan fingerprint density at radius 3 is 2.86 bits per heavy atom. The van der Waals surface area contributed by atoms with E-state index < -0.39 is 0 Å². The molecule has 0 radical (unpaired) electrons. The van der Waals surface area contributed by atoms with Gasteiger partial charge in [-0.1, -0.05) is 18.5 Å². The van der Waals surface area contributed by atoms with Crippen molar-refractivity contribution in [2.75, 3.05) is 0 Å². The molecule has 0 aliphatic heterocycles. The highest BCUT2D eigenvalue weighted by Gasteiger charge is 2.05. The standard InChI is InChI=1S/C10H15ClN2O/c1-3-7(2)14-10-5-4-8(11)9(6-12)13-10/h4-5,7H,3,6,12H2,1-2H3. The zero-order valence-corrected chi connectivity index (χ0v) is 9.21. The largest absolute Gasteiger partial charge is 0.475 e. The van der Waals surface area contributed by atoms with Gasteiger partial charge in [0.2, 0.25) is 5.88 Å². The minimum atomic E-state index is 0.161. The van der Waals surface area contributed by atoms with Crippen LogP contribution < -0.4 is 10.5 Å². The predicted molar refractivity (Wildman–Crippen MR) is 57.5 cm³/mol. The maximum absolute atomic E-state index is 5.87. The number of halogens is 1. The minimum Gasteiger partial charge on any atom is -0.475 e. The molecule has 0 aliphatic rings. The summed E-state index contributed by atoms with van der Waals surface area (Å²) in [4.78, 5) is 4.20. The van der Waals surface area contributed by atoms with E-state index in [0.29, 0.717) is 23.1 Å². The maximum atomic E-state index is 5.87. The number of nitrogens with zero attached hydrogens (tertiary/aromatic N) is 1. The van der Waals surface area contributed by atoms with E-state index in [4.69, 9.17) is 22.1 Å². The fraction of sp³-hybridized carbons (Fsp3) is 0.500. The summed E-state index contributed by atoms with van der Waals surface area (Å²) in [5.41, 5.74) is 6.15. The van der Waals surface area contributed by atoms with Gasteiger partial charge in [0.15, 0.2) is 0 Å². The van der Waals surface area contributed by atoms with Crippen LogP contribution in [0.2, 0.25) is 5.02 Å². The summed E-state index contributed by atoms with van der Waals surface area (Å²) >= 11 is 5.87. The van der Waals surface area contributed by atoms with Gasteiger partial charge in [-0.15, -0.1) is 0 Å². The minimum absolute atomic E-state index is 0.161. The highest BCUT2D eigenvalue weighted by molar-refractivity contribution is 6.31. The molecule has 2 N–H and O–H groups in total. The van der Waals surface area contributed by atoms with Gasteiger partial charge in [-0.2, -0.15) is 0 Å². The lowest BCUT2D eigenvalue weighted by Gasteiger charge is -2.12. The number of rotatable bonds is 4. The molecule has 1 heterocycles. The summed E-state index contributed by atoms with van der Waals surface area (Å²) in [7, 11) is 0. The Labute approximate surface area is 89.2 Å². The van der Waals surface area contributed by atoms with Crippen LogP contribution in [-0.4, -0.2) is 11.1 Å². The monoisotopic (exact) mass is 214 g/mol. The lowest BCUT2D eigenvalue weighted by molar-refractivity contribution is 0.208. The molecule has 3 nitrogen and oxygen atoms in total. The van der Waals surface area contributed by atoms with Crippen LogP contribution in [0.15, 0.2) is 12.1 Å². The van der Waals surface area contributed by atoms with Crippen LogP contribution in [0.1, 0.15) is 26.0 Å². The normalized spacial score (nSPS) is 12.6. The van der Waals surface area contributed by atoms with Crippen molar-refractivity contribution in [2.24, 2.45) is 5.73 Å². The molecular formula is C10H15ClN2O. The molecule has 0 aliphatic carbocycles. The highest BCUT2D eigenvalue weighted by atomic mass is 35.5. The molecule has 0 fully saturated rings. The Morgan fingerprint density at radius 1 is 1.57 bits per heavy atom. The van der Waals surface area contributed by atoms with E-state index in [1.165, 1.54) is 0 Å². The molecule has 0 saturated heterocycles. The van der Waals surface area contributed by atoms with Gasteiger partial charge in [0.05, 0.1) is 16.8 Å². The molecule has 0 saturated carbocycles. The summed E-state index contributed by atoms with van der Waals surface area (Å²) in [5.74, 6) is 0.587. The van der Waals surface area contributed by atoms with Gasteiger partial charge in [0, 0.05) is 12.6 Å². The van der Waals surface area contributed by atoms with E-state index in [1.54, 1.807) is 12.1 Å². The number of aromatic nitrogens is 1. The third kappa shape index (κ3) is 2.86. The summed E-state index contributed by atoms with van der Waals surface area (Å²) in [5, 5.41) is 0.587. The number of nitrogens with two attached hydrogens (primary N) is 1. The molecule has 0 aromatic carbocycles. The van der Waals surface area contributed by atoms with Crippen molar-refractivity contribution in [1.29, 1.82) is 0 Å². The van der Waals surface area contributed by atoms with Crippen LogP contribution in [0.4, 0.5) is 0 Å². The topological polar surface area (TPSA) is 48.1 Å². The van der Waals surface area contributed by atoms with E-state index in [0.717, 1.165) is 6.42 Å². The average molecular weight is 215 g/mol. The molecule has 4 heteroatoms. The van der Waals surface area contributed by atoms with Crippen molar-refractivity contribution in [2.45, 2.75) is 32.9 Å². The number of ether oxygens (including phenoxy) is 1. The first-order valence-corrected chi connectivity index (χ1v) is 5.07. The number of hydrogen-bond acceptors (Lipinski definition) is 3. The van der Waals surface area contributed by atoms with E-state index in [9.17, 15) is 0 Å². The zero-order chi connectivity index (χ0) is 10.6. The third-order valence-corrected chi connectivity index (χ3v) is 2.33. The van der Waals surface area contributed by atoms with Gasteiger partial charge in [0.25, 0.3) is 0 Å². The van der Waals surface area contributed by atoms with Crippen LogP contribution in [0.25, 0.3) is 0 Å². The van der Waals surface area contributed by atoms with Crippen LogP contribution >= 0.6 is 11.6 Å². The molecule has 0 bridgehead atoms. The van der Waals surface area contributed by atoms with E-state index in [2.05, 4.69) is 11.9 Å². The highest BCUT2D eigenvalue weighted by Crippen LogP contribution is 2.18. The average Bonchev–Trinajstić information content (AvgIpc) is 2.20. The van der Waals surface area contributed by atoms with Gasteiger partial charge < -0.3 is 10.5 Å². The summed E-state index contributed by atoms with van der Waals surface area (Å²) in [6, 6.07) is 3.52. The molecule has 14 heavy (non-hydrogen) atoms. The molecular weight excluding hydrogens is 200 g/mol. The predicted octanol–water partition coefficient (Wildman–Crippen LogP) is 2.37. The number of hydrogen-bond donors (Lipinski definition) is 1. The first-order valence-electron chi connectivity index (χ1n) is 4.69. The number of pyridine rings is 1. The molecule has 0 amide bonds. The lowest BCUT2D eigenvalue weighted by atomic mass is 10.3. The van der Waals surface area contributed by atoms with E-state index in [1.807, 2.05) is 6.92 Å². The van der Waals surface area contributed by atoms with Gasteiger partial charge in [0.1, 0.15) is 0 Å². The molecule has 78 valence electrons. The molecule has 1 unspecified atom stereocenters. The van der Waals surface area contributed by atoms with Crippen LogP contribution in [0.3, 0.4) is 0 Å². The smallest absolute Gasteiger partial charge is 0.213 e. The second kappa shape index (κ2) is 5.17. The second-order valence-electron chi connectivity index (χ2n) is 3.12. The third-order valence-electron chi connectivity index (χ3n) is 1.98. The van der Waals surface area contributed by atoms with Crippen molar-refractivity contribution >= 4 is 11.6 Å². The van der Waals surface area contributed by atoms with E-state index in [-0.39, 0.29) is 6.10 Å². The zero-order valence-electron chi connectivity index (χ0n) is 8.46. The molecule has 1 atom stereocenters. The fourth-order valence-corrected chi connectivity index (χ4v) is 1.14. The van der Waals surface area contributed by atoms with Gasteiger partial charge >= 0.3 is 0 Å². The molecule has 1 rings (SSSR count). The Balaban J connectivity index is 2.79. The molecule has 0 spiro atoms. The van der Waals surface area contributed by atoms with E-state index >= 15 is 0 Å². The van der Waals surface area contributed by atoms with Gasteiger partial charge in [-0.25, -0.2) is 4.98 Å². The maximum Gasteiger partial charge on any atom is 0.213 e. The van der Waals surface area contributed by atoms with Crippen LogP contribution in [0.5, 0.6) is 5.88 Å². The lowest BCUT2D eigenvalue weighted by Crippen LogP contribution is -2.12. The summed E-state index contributed by atoms with van der Waals surface area (Å²) in [6.07, 6.45) is 1.11. The Kier molecular flexibility index (Phi) is 4.17. The van der Waals surface area contributed by atoms with Gasteiger partial charge in [-0.05, 0) is 19.4 Å². The Hall–Kier alpha value is -0.800. The summed E-state index contributed by atoms with van der Waals surface area (Å²) in [6.45, 7) is 4.39. The van der Waals surface area contributed by atoms with Crippen LogP contribution in [-0.2, 0) is 6.54 Å². The SMILES string of the molecule is CCC(C)Oc1ccc(Cl)c(CN)n1. The van der Waals surface area contributed by atoms with Crippen molar-refractivity contribution in [3.8, 4) is 5.88 Å². The molecule has 1 aromatic heterocycles. The Morgan fingerprint density at radius 2 is 2.29 bits per heavy atom. The first kappa shape index (κ1) is 11.3. The fourth-order valence-electron chi connectivity index (χ4n) is 0.963. The van der Waals surface area contributed by atoms with Crippen molar-refractivity contribution in [1.82, 2.24) is 4.98 Å². The van der Waals surface area contributed by atoms with Crippen molar-refractivity contribution in [3.05, 3.63) is 22.8 Å². The van der Waals surface area contributed by atoms with Crippen molar-refractivity contribution < 1.29 is 4.74 Å². The van der Waals surface area contributed by atoms with Crippen LogP contribution in [0, 0.1) is 0 Å². The van der Waals surface area contributed by atoms with Gasteiger partial charge in [-0.3, -0.25) is 0 Å². The van der Waals surface area contributed by atoms with Crippen molar-refractivity contribution in [3.63, 3.8) is 0 Å². The summed E-state index contributed by atoms with van der Waals surface area (Å²) < 4.78 is 5.54.